The van der Waals surface area contributed by atoms with Gasteiger partial charge in [-0.2, -0.15) is 0 Å². The molecule has 1 fully saturated rings. The zero-order chi connectivity index (χ0) is 25.5. The number of benzene rings is 3. The second-order valence-electron chi connectivity index (χ2n) is 8.30. The molecule has 0 amide bonds. The van der Waals surface area contributed by atoms with E-state index >= 15 is 0 Å². The Morgan fingerprint density at radius 1 is 0.972 bits per heavy atom. The first-order valence-electron chi connectivity index (χ1n) is 11.0. The quantitative estimate of drug-likeness (QED) is 0.455. The molecule has 3 aromatic rings. The number of aliphatic hydroxyl groups excluding tert-OH is 1. The van der Waals surface area contributed by atoms with Crippen LogP contribution in [-0.4, -0.2) is 47.1 Å². The van der Waals surface area contributed by atoms with Crippen molar-refractivity contribution in [2.45, 2.75) is 29.4 Å². The lowest BCUT2D eigenvalue weighted by Gasteiger charge is -2.44. The highest BCUT2D eigenvalue weighted by Gasteiger charge is 2.41. The molecule has 8 nitrogen and oxygen atoms in total. The van der Waals surface area contributed by atoms with Gasteiger partial charge in [0.25, 0.3) is 0 Å². The van der Waals surface area contributed by atoms with E-state index in [0.29, 0.717) is 11.5 Å². The van der Waals surface area contributed by atoms with Crippen molar-refractivity contribution in [2.24, 2.45) is 0 Å². The van der Waals surface area contributed by atoms with Crippen molar-refractivity contribution in [3.05, 3.63) is 72.8 Å². The van der Waals surface area contributed by atoms with Gasteiger partial charge in [-0.25, -0.2) is 13.7 Å². The van der Waals surface area contributed by atoms with E-state index in [4.69, 9.17) is 14.3 Å². The monoisotopic (exact) mass is 521 g/mol. The number of fused-ring (bicyclic) bond motifs is 2. The summed E-state index contributed by atoms with van der Waals surface area (Å²) in [6.45, 7) is 0.140. The van der Waals surface area contributed by atoms with Crippen LogP contribution in [0, 0.1) is 4.78 Å². The zero-order valence-corrected chi connectivity index (χ0v) is 19.5. The zero-order valence-electron chi connectivity index (χ0n) is 18.6. The summed E-state index contributed by atoms with van der Waals surface area (Å²) >= 11 is 0. The highest BCUT2D eigenvalue weighted by atomic mass is 32.2. The van der Waals surface area contributed by atoms with Crippen LogP contribution in [0.1, 0.15) is 0 Å². The highest BCUT2D eigenvalue weighted by Crippen LogP contribution is 2.48. The number of halogens is 3. The van der Waals surface area contributed by atoms with Crippen molar-refractivity contribution in [3.8, 4) is 17.2 Å². The van der Waals surface area contributed by atoms with Crippen molar-refractivity contribution >= 4 is 21.3 Å². The van der Waals surface area contributed by atoms with Crippen molar-refractivity contribution in [1.82, 2.24) is 4.72 Å². The number of ether oxygens (including phenoxy) is 3. The van der Waals surface area contributed by atoms with Gasteiger partial charge in [-0.1, -0.05) is 24.3 Å². The highest BCUT2D eigenvalue weighted by molar-refractivity contribution is 7.90. The predicted octanol–water partition coefficient (Wildman–Crippen LogP) is 4.57. The Morgan fingerprint density at radius 2 is 1.56 bits per heavy atom. The summed E-state index contributed by atoms with van der Waals surface area (Å²) in [5.74, 6) is 0.708. The summed E-state index contributed by atoms with van der Waals surface area (Å²) in [5, 5.41) is 11.3. The van der Waals surface area contributed by atoms with E-state index in [2.05, 4.69) is 9.46 Å². The van der Waals surface area contributed by atoms with Gasteiger partial charge < -0.3 is 24.2 Å². The van der Waals surface area contributed by atoms with Gasteiger partial charge in [0, 0.05) is 0 Å². The topological polar surface area (TPSA) is 104 Å². The Bertz CT molecular complexity index is 1310. The summed E-state index contributed by atoms with van der Waals surface area (Å²) in [5.41, 5.74) is 1.44. The molecule has 36 heavy (non-hydrogen) atoms. The molecular formula is C24H22F3N3O5S. The Morgan fingerprint density at radius 3 is 2.14 bits per heavy atom. The molecule has 0 aliphatic carbocycles. The minimum Gasteiger partial charge on any atom is -0.453 e. The number of anilines is 2. The van der Waals surface area contributed by atoms with Crippen LogP contribution in [0.15, 0.2) is 77.7 Å². The van der Waals surface area contributed by atoms with Crippen LogP contribution in [0.2, 0.25) is 0 Å². The molecule has 4 atom stereocenters. The van der Waals surface area contributed by atoms with Crippen LogP contribution in [0.5, 0.6) is 17.2 Å². The normalized spacial score (nSPS) is 23.1. The Balaban J connectivity index is 1.39. The minimum absolute atomic E-state index is 0.0174. The predicted molar refractivity (Wildman–Crippen MR) is 125 cm³/mol. The summed E-state index contributed by atoms with van der Waals surface area (Å²) in [6.07, 6.45) is -5.98. The SMILES string of the molecule is N=S(=O)(N[C@H]1COC[C@@H](N2c3ccccc3Oc3ccccc32)[C@H]1O)c1ccc(OC(F)(F)F)cc1. The number of alkyl halides is 3. The molecule has 190 valence electrons. The average molecular weight is 522 g/mol. The summed E-state index contributed by atoms with van der Waals surface area (Å²) < 4.78 is 77.0. The largest absolute Gasteiger partial charge is 0.573 e. The summed E-state index contributed by atoms with van der Waals surface area (Å²) in [7, 11) is -3.70. The lowest BCUT2D eigenvalue weighted by atomic mass is 9.98. The molecule has 5 rings (SSSR count). The van der Waals surface area contributed by atoms with Crippen LogP contribution in [0.3, 0.4) is 0 Å². The molecule has 2 heterocycles. The van der Waals surface area contributed by atoms with Gasteiger partial charge in [0.15, 0.2) is 11.5 Å². The lowest BCUT2D eigenvalue weighted by Crippen LogP contribution is -2.60. The average Bonchev–Trinajstić information content (AvgIpc) is 2.83. The van der Waals surface area contributed by atoms with Gasteiger partial charge in [-0.3, -0.25) is 0 Å². The maximum Gasteiger partial charge on any atom is 0.573 e. The fourth-order valence-electron chi connectivity index (χ4n) is 4.32. The van der Waals surface area contributed by atoms with Crippen LogP contribution in [0.25, 0.3) is 0 Å². The van der Waals surface area contributed by atoms with E-state index in [-0.39, 0.29) is 18.1 Å². The number of para-hydroxylation sites is 4. The van der Waals surface area contributed by atoms with E-state index in [1.807, 2.05) is 53.4 Å². The van der Waals surface area contributed by atoms with Crippen molar-refractivity contribution < 1.29 is 36.7 Å². The number of nitrogens with one attached hydrogen (secondary N) is 2. The third kappa shape index (κ3) is 4.85. The molecule has 0 bridgehead atoms. The van der Waals surface area contributed by atoms with Gasteiger partial charge in [0.1, 0.15) is 15.7 Å². The molecule has 0 spiro atoms. The second kappa shape index (κ2) is 9.28. The minimum atomic E-state index is -4.86. The second-order valence-corrected chi connectivity index (χ2v) is 10.1. The standard InChI is InChI=1S/C24H22F3N3O5S/c25-24(26,27)35-15-9-11-16(12-10-15)36(28,32)29-17-13-33-14-20(23(17)31)30-18-5-1-3-7-21(18)34-22-8-4-2-6-19(22)30/h1-12,17,20,23,31H,13-14H2,(H2,28,29,32)/t17-,20+,23-,36?/m0/s1. The number of hydrogen-bond acceptors (Lipinski definition) is 7. The number of hydrogen-bond donors (Lipinski definition) is 3. The van der Waals surface area contributed by atoms with E-state index < -0.39 is 40.2 Å². The first kappa shape index (κ1) is 24.4. The Hall–Kier alpha value is -3.32. The molecule has 0 radical (unpaired) electrons. The van der Waals surface area contributed by atoms with E-state index in [1.54, 1.807) is 0 Å². The third-order valence-electron chi connectivity index (χ3n) is 5.90. The smallest absolute Gasteiger partial charge is 0.453 e. The van der Waals surface area contributed by atoms with Crippen molar-refractivity contribution in [2.75, 3.05) is 18.1 Å². The van der Waals surface area contributed by atoms with Crippen LogP contribution < -0.4 is 19.1 Å². The van der Waals surface area contributed by atoms with E-state index in [9.17, 15) is 22.5 Å². The third-order valence-corrected chi connectivity index (χ3v) is 7.47. The molecule has 1 unspecified atom stereocenters. The van der Waals surface area contributed by atoms with Gasteiger partial charge in [0.2, 0.25) is 0 Å². The molecule has 0 aromatic heterocycles. The number of rotatable bonds is 5. The molecule has 3 aromatic carbocycles. The first-order valence-corrected chi connectivity index (χ1v) is 12.5. The molecule has 1 saturated heterocycles. The Kier molecular flexibility index (Phi) is 6.29. The first-order chi connectivity index (χ1) is 17.1. The molecule has 0 saturated carbocycles. The van der Waals surface area contributed by atoms with Crippen molar-refractivity contribution in [1.29, 1.82) is 4.78 Å². The summed E-state index contributed by atoms with van der Waals surface area (Å²) in [4.78, 5) is 1.84. The molecule has 12 heteroatoms. The lowest BCUT2D eigenvalue weighted by molar-refractivity contribution is -0.274. The van der Waals surface area contributed by atoms with Crippen LogP contribution >= 0.6 is 0 Å². The number of nitrogens with zero attached hydrogens (tertiary/aromatic N) is 1. The Labute approximate surface area is 205 Å². The maximum atomic E-state index is 13.2. The number of aliphatic hydroxyl groups is 1. The van der Waals surface area contributed by atoms with Crippen LogP contribution in [0.4, 0.5) is 24.5 Å². The molecule has 2 aliphatic rings. The molecule has 3 N–H and O–H groups in total. The van der Waals surface area contributed by atoms with E-state index in [0.717, 1.165) is 35.6 Å². The maximum absolute atomic E-state index is 13.2. The fourth-order valence-corrected chi connectivity index (χ4v) is 5.61. The van der Waals surface area contributed by atoms with Gasteiger partial charge >= 0.3 is 6.36 Å². The van der Waals surface area contributed by atoms with Gasteiger partial charge in [0.05, 0.1) is 47.7 Å². The fraction of sp³-hybridized carbons (Fsp3) is 0.250. The van der Waals surface area contributed by atoms with E-state index in [1.165, 1.54) is 0 Å². The molecule has 2 aliphatic heterocycles. The van der Waals surface area contributed by atoms with Crippen molar-refractivity contribution in [3.63, 3.8) is 0 Å². The summed E-state index contributed by atoms with van der Waals surface area (Å²) in [6, 6.07) is 17.4. The van der Waals surface area contributed by atoms with Crippen LogP contribution in [-0.2, 0) is 14.7 Å². The van der Waals surface area contributed by atoms with Gasteiger partial charge in [-0.05, 0) is 48.5 Å². The van der Waals surface area contributed by atoms with Gasteiger partial charge in [-0.15, -0.1) is 13.2 Å². The molecular weight excluding hydrogens is 499 g/mol.